The lowest BCUT2D eigenvalue weighted by atomic mass is 9.88. The Morgan fingerprint density at radius 2 is 1.53 bits per heavy atom. The smallest absolute Gasteiger partial charge is 0.00951 e. The lowest BCUT2D eigenvalue weighted by molar-refractivity contribution is 0.296. The highest BCUT2D eigenvalue weighted by molar-refractivity contribution is 4.75. The van der Waals surface area contributed by atoms with Crippen LogP contribution in [0.2, 0.25) is 0 Å². The molecule has 0 heterocycles. The molecule has 92 valence electrons. The third kappa shape index (κ3) is 6.94. The molecule has 0 saturated heterocycles. The molecule has 0 rings (SSSR count). The molecule has 0 aliphatic carbocycles. The van der Waals surface area contributed by atoms with Crippen molar-refractivity contribution in [2.24, 2.45) is 11.8 Å². The van der Waals surface area contributed by atoms with Crippen LogP contribution in [0.15, 0.2) is 0 Å². The summed E-state index contributed by atoms with van der Waals surface area (Å²) in [7, 11) is 0. The first-order valence-corrected chi connectivity index (χ1v) is 6.88. The zero-order chi connectivity index (χ0) is 11.7. The Balaban J connectivity index is 4.01. The molecule has 0 aliphatic rings. The molecule has 1 nitrogen and oxygen atoms in total. The van der Waals surface area contributed by atoms with E-state index >= 15 is 0 Å². The van der Waals surface area contributed by atoms with Crippen LogP contribution in [-0.4, -0.2) is 12.6 Å². The SMILES string of the molecule is CCCC(C)CC(NCC)C(C)CCC. The minimum Gasteiger partial charge on any atom is -0.314 e. The monoisotopic (exact) mass is 213 g/mol. The summed E-state index contributed by atoms with van der Waals surface area (Å²) in [6, 6.07) is 0.733. The van der Waals surface area contributed by atoms with Crippen LogP contribution < -0.4 is 5.32 Å². The van der Waals surface area contributed by atoms with E-state index in [1.807, 2.05) is 0 Å². The molecule has 1 heteroatoms. The van der Waals surface area contributed by atoms with Crippen molar-refractivity contribution in [2.75, 3.05) is 6.54 Å². The average molecular weight is 213 g/mol. The number of rotatable bonds is 9. The second-order valence-corrected chi connectivity index (χ2v) is 5.06. The maximum Gasteiger partial charge on any atom is 0.00951 e. The highest BCUT2D eigenvalue weighted by Gasteiger charge is 2.17. The van der Waals surface area contributed by atoms with Gasteiger partial charge in [-0.25, -0.2) is 0 Å². The number of nitrogens with one attached hydrogen (secondary N) is 1. The fourth-order valence-electron chi connectivity index (χ4n) is 2.48. The fraction of sp³-hybridized carbons (Fsp3) is 1.00. The molecule has 0 saturated carbocycles. The molecule has 0 aliphatic heterocycles. The first-order valence-electron chi connectivity index (χ1n) is 6.88. The molecule has 0 aromatic rings. The van der Waals surface area contributed by atoms with Crippen molar-refractivity contribution in [2.45, 2.75) is 72.8 Å². The van der Waals surface area contributed by atoms with Crippen LogP contribution in [0.25, 0.3) is 0 Å². The highest BCUT2D eigenvalue weighted by atomic mass is 14.9. The average Bonchev–Trinajstić information content (AvgIpc) is 2.18. The van der Waals surface area contributed by atoms with E-state index in [4.69, 9.17) is 0 Å². The van der Waals surface area contributed by atoms with Gasteiger partial charge in [0.25, 0.3) is 0 Å². The summed E-state index contributed by atoms with van der Waals surface area (Å²) in [5.41, 5.74) is 0. The van der Waals surface area contributed by atoms with Gasteiger partial charge in [0.15, 0.2) is 0 Å². The maximum atomic E-state index is 3.66. The highest BCUT2D eigenvalue weighted by Crippen LogP contribution is 2.20. The van der Waals surface area contributed by atoms with Gasteiger partial charge >= 0.3 is 0 Å². The molecule has 0 aromatic carbocycles. The van der Waals surface area contributed by atoms with E-state index in [1.165, 1.54) is 32.1 Å². The molecule has 0 spiro atoms. The summed E-state index contributed by atoms with van der Waals surface area (Å²) >= 11 is 0. The minimum absolute atomic E-state index is 0.733. The Hall–Kier alpha value is -0.0400. The third-order valence-electron chi connectivity index (χ3n) is 3.33. The van der Waals surface area contributed by atoms with Crippen LogP contribution in [0.3, 0.4) is 0 Å². The Labute approximate surface area is 97.0 Å². The molecule has 0 fully saturated rings. The van der Waals surface area contributed by atoms with Crippen molar-refractivity contribution >= 4 is 0 Å². The van der Waals surface area contributed by atoms with Crippen LogP contribution in [0.5, 0.6) is 0 Å². The topological polar surface area (TPSA) is 12.0 Å². The van der Waals surface area contributed by atoms with Crippen molar-refractivity contribution in [3.63, 3.8) is 0 Å². The summed E-state index contributed by atoms with van der Waals surface area (Å²) in [5, 5.41) is 3.66. The molecule has 0 aromatic heterocycles. The summed E-state index contributed by atoms with van der Waals surface area (Å²) in [4.78, 5) is 0. The van der Waals surface area contributed by atoms with Crippen molar-refractivity contribution in [1.29, 1.82) is 0 Å². The lowest BCUT2D eigenvalue weighted by Crippen LogP contribution is -2.36. The zero-order valence-electron chi connectivity index (χ0n) is 11.5. The summed E-state index contributed by atoms with van der Waals surface area (Å²) in [5.74, 6) is 1.70. The van der Waals surface area contributed by atoms with Gasteiger partial charge in [0.1, 0.15) is 0 Å². The van der Waals surface area contributed by atoms with Crippen molar-refractivity contribution < 1.29 is 0 Å². The Kier molecular flexibility index (Phi) is 9.18. The van der Waals surface area contributed by atoms with Gasteiger partial charge in [-0.15, -0.1) is 0 Å². The molecule has 1 N–H and O–H groups in total. The van der Waals surface area contributed by atoms with Gasteiger partial charge in [-0.2, -0.15) is 0 Å². The predicted octanol–water partition coefficient (Wildman–Crippen LogP) is 4.23. The summed E-state index contributed by atoms with van der Waals surface area (Å²) in [6.45, 7) is 12.7. The molecular formula is C14H31N. The van der Waals surface area contributed by atoms with Gasteiger partial charge < -0.3 is 5.32 Å². The molecule has 0 bridgehead atoms. The van der Waals surface area contributed by atoms with Crippen LogP contribution in [0.1, 0.15) is 66.7 Å². The Bertz CT molecular complexity index is 133. The van der Waals surface area contributed by atoms with E-state index in [-0.39, 0.29) is 0 Å². The second kappa shape index (κ2) is 9.21. The standard InChI is InChI=1S/C14H31N/c1-6-9-12(4)11-14(15-8-3)13(5)10-7-2/h12-15H,6-11H2,1-5H3. The van der Waals surface area contributed by atoms with Gasteiger partial charge in [0.05, 0.1) is 0 Å². The maximum absolute atomic E-state index is 3.66. The van der Waals surface area contributed by atoms with E-state index in [1.54, 1.807) is 0 Å². The molecular weight excluding hydrogens is 182 g/mol. The molecule has 15 heavy (non-hydrogen) atoms. The van der Waals surface area contributed by atoms with Crippen LogP contribution in [0, 0.1) is 11.8 Å². The quantitative estimate of drug-likeness (QED) is 0.604. The normalized spacial score (nSPS) is 17.4. The van der Waals surface area contributed by atoms with Gasteiger partial charge in [0, 0.05) is 6.04 Å². The van der Waals surface area contributed by atoms with E-state index in [2.05, 4.69) is 39.9 Å². The first kappa shape index (κ1) is 15.0. The van der Waals surface area contributed by atoms with Crippen molar-refractivity contribution in [1.82, 2.24) is 5.32 Å². The van der Waals surface area contributed by atoms with Crippen molar-refractivity contribution in [3.8, 4) is 0 Å². The van der Waals surface area contributed by atoms with Gasteiger partial charge in [-0.1, -0.05) is 53.9 Å². The second-order valence-electron chi connectivity index (χ2n) is 5.06. The lowest BCUT2D eigenvalue weighted by Gasteiger charge is -2.27. The van der Waals surface area contributed by atoms with Gasteiger partial charge in [-0.3, -0.25) is 0 Å². The summed E-state index contributed by atoms with van der Waals surface area (Å²) < 4.78 is 0. The van der Waals surface area contributed by atoms with Gasteiger partial charge in [-0.05, 0) is 31.2 Å². The first-order chi connectivity index (χ1) is 7.15. The van der Waals surface area contributed by atoms with E-state index in [0.717, 1.165) is 24.4 Å². The molecule has 3 atom stereocenters. The van der Waals surface area contributed by atoms with Crippen LogP contribution in [0.4, 0.5) is 0 Å². The largest absolute Gasteiger partial charge is 0.314 e. The number of hydrogen-bond donors (Lipinski definition) is 1. The van der Waals surface area contributed by atoms with Crippen molar-refractivity contribution in [3.05, 3.63) is 0 Å². The zero-order valence-corrected chi connectivity index (χ0v) is 11.5. The number of hydrogen-bond acceptors (Lipinski definition) is 1. The van der Waals surface area contributed by atoms with E-state index in [0.29, 0.717) is 0 Å². The Morgan fingerprint density at radius 1 is 0.933 bits per heavy atom. The van der Waals surface area contributed by atoms with E-state index in [9.17, 15) is 0 Å². The van der Waals surface area contributed by atoms with Crippen LogP contribution in [-0.2, 0) is 0 Å². The van der Waals surface area contributed by atoms with Gasteiger partial charge in [0.2, 0.25) is 0 Å². The molecule has 3 unspecified atom stereocenters. The van der Waals surface area contributed by atoms with Crippen LogP contribution >= 0.6 is 0 Å². The van der Waals surface area contributed by atoms with E-state index < -0.39 is 0 Å². The molecule has 0 radical (unpaired) electrons. The fourth-order valence-corrected chi connectivity index (χ4v) is 2.48. The molecule has 0 amide bonds. The third-order valence-corrected chi connectivity index (χ3v) is 3.33. The summed E-state index contributed by atoms with van der Waals surface area (Å²) in [6.07, 6.45) is 6.72. The minimum atomic E-state index is 0.733. The predicted molar refractivity (Wildman–Crippen MR) is 70.2 cm³/mol. The Morgan fingerprint density at radius 3 is 2.00 bits per heavy atom.